The van der Waals surface area contributed by atoms with Gasteiger partial charge < -0.3 is 0 Å². The Balaban J connectivity index is 4.03. The summed E-state index contributed by atoms with van der Waals surface area (Å²) in [7, 11) is 1.62. The highest BCUT2D eigenvalue weighted by Gasteiger charge is 2.13. The van der Waals surface area contributed by atoms with Gasteiger partial charge in [-0.3, -0.25) is 9.56 Å². The first-order valence-corrected chi connectivity index (χ1v) is 4.73. The highest BCUT2D eigenvalue weighted by Crippen LogP contribution is 2.13. The molecule has 0 aliphatic carbocycles. The molecule has 0 saturated heterocycles. The molecule has 0 bridgehead atoms. The van der Waals surface area contributed by atoms with Crippen LogP contribution < -0.4 is 5.49 Å². The molecule has 0 aromatic carbocycles. The third-order valence-electron chi connectivity index (χ3n) is 2.52. The molecule has 1 rings (SSSR count). The van der Waals surface area contributed by atoms with Gasteiger partial charge in [0.25, 0.3) is 0 Å². The van der Waals surface area contributed by atoms with Crippen molar-refractivity contribution in [2.45, 2.75) is 13.8 Å². The molecule has 0 saturated carbocycles. The first-order valence-electron chi connectivity index (χ1n) is 4.73. The molecule has 80 valence electrons. The summed E-state index contributed by atoms with van der Waals surface area (Å²) in [5.74, 6) is 0. The van der Waals surface area contributed by atoms with Crippen molar-refractivity contribution in [3.05, 3.63) is 34.5 Å². The molecule has 0 amide bonds. The summed E-state index contributed by atoms with van der Waals surface area (Å²) in [6.07, 6.45) is 1.53. The maximum absolute atomic E-state index is 9.09. The Morgan fingerprint density at radius 3 is 2.25 bits per heavy atom. The number of hydrogen-bond donors (Lipinski definition) is 0. The molecule has 1 aromatic rings. The zero-order valence-corrected chi connectivity index (χ0v) is 9.57. The third kappa shape index (κ3) is 1.51. The lowest BCUT2D eigenvalue weighted by Gasteiger charge is -2.11. The number of hydrogen-bond acceptors (Lipinski definition) is 3. The van der Waals surface area contributed by atoms with Crippen molar-refractivity contribution in [1.82, 2.24) is 4.57 Å². The number of rotatable bonds is 1. The minimum absolute atomic E-state index is 0.401. The molecule has 0 aliphatic heterocycles. The van der Waals surface area contributed by atoms with Crippen LogP contribution in [-0.2, 0) is 0 Å². The van der Waals surface area contributed by atoms with Gasteiger partial charge in [-0.05, 0) is 13.8 Å². The van der Waals surface area contributed by atoms with Gasteiger partial charge in [0.2, 0.25) is 0 Å². The topological polar surface area (TPSA) is 64.9 Å². The van der Waals surface area contributed by atoms with Crippen LogP contribution in [0.1, 0.15) is 22.4 Å². The average molecular weight is 212 g/mol. The van der Waals surface area contributed by atoms with Crippen LogP contribution in [0.4, 0.5) is 0 Å². The minimum atomic E-state index is 0.401. The standard InChI is InChI=1S/C12H12N4/c1-5-16-11(7-14)8(2)10(6-13)9(3)12(16)15-4/h5H,1H2,2-4H3. The first-order chi connectivity index (χ1) is 7.62. The maximum atomic E-state index is 9.09. The van der Waals surface area contributed by atoms with E-state index in [9.17, 15) is 0 Å². The number of pyridine rings is 1. The highest BCUT2D eigenvalue weighted by molar-refractivity contribution is 5.50. The summed E-state index contributed by atoms with van der Waals surface area (Å²) in [6, 6.07) is 4.18. The van der Waals surface area contributed by atoms with E-state index in [-0.39, 0.29) is 0 Å². The summed E-state index contributed by atoms with van der Waals surface area (Å²) < 4.78 is 1.60. The smallest absolute Gasteiger partial charge is 0.136 e. The summed E-state index contributed by atoms with van der Waals surface area (Å²) in [5.41, 5.74) is 2.93. The van der Waals surface area contributed by atoms with E-state index in [1.165, 1.54) is 6.20 Å². The van der Waals surface area contributed by atoms with Crippen molar-refractivity contribution in [3.63, 3.8) is 0 Å². The zero-order valence-electron chi connectivity index (χ0n) is 9.57. The Bertz CT molecular complexity index is 591. The van der Waals surface area contributed by atoms with Gasteiger partial charge in [-0.25, -0.2) is 0 Å². The number of nitrogens with zero attached hydrogens (tertiary/aromatic N) is 4. The van der Waals surface area contributed by atoms with Crippen LogP contribution in [-0.4, -0.2) is 11.6 Å². The molecule has 0 unspecified atom stereocenters. The molecule has 0 N–H and O–H groups in total. The average Bonchev–Trinajstić information content (AvgIpc) is 2.29. The molecule has 4 nitrogen and oxygen atoms in total. The second kappa shape index (κ2) is 4.46. The fourth-order valence-electron chi connectivity index (χ4n) is 1.74. The van der Waals surface area contributed by atoms with Crippen molar-refractivity contribution >= 4 is 6.20 Å². The normalized spacial score (nSPS) is 10.7. The summed E-state index contributed by atoms with van der Waals surface area (Å²) >= 11 is 0. The van der Waals surface area contributed by atoms with Gasteiger partial charge >= 0.3 is 0 Å². The second-order valence-corrected chi connectivity index (χ2v) is 3.30. The lowest BCUT2D eigenvalue weighted by Crippen LogP contribution is -2.25. The van der Waals surface area contributed by atoms with E-state index in [0.29, 0.717) is 22.3 Å². The number of nitriles is 2. The lowest BCUT2D eigenvalue weighted by molar-refractivity contribution is 0.929. The van der Waals surface area contributed by atoms with Gasteiger partial charge in [-0.2, -0.15) is 10.5 Å². The quantitative estimate of drug-likeness (QED) is 0.707. The molecular formula is C12H12N4. The summed E-state index contributed by atoms with van der Waals surface area (Å²) in [6.45, 7) is 7.22. The summed E-state index contributed by atoms with van der Waals surface area (Å²) in [5, 5.41) is 18.2. The minimum Gasteiger partial charge on any atom is -0.293 e. The molecule has 0 spiro atoms. The number of aromatic nitrogens is 1. The van der Waals surface area contributed by atoms with Crippen molar-refractivity contribution in [1.29, 1.82) is 10.5 Å². The van der Waals surface area contributed by atoms with Gasteiger partial charge in [0.15, 0.2) is 0 Å². The van der Waals surface area contributed by atoms with Crippen LogP contribution in [0.3, 0.4) is 0 Å². The van der Waals surface area contributed by atoms with Gasteiger partial charge in [-0.15, -0.1) is 0 Å². The Hall–Kier alpha value is -2.33. The van der Waals surface area contributed by atoms with Crippen LogP contribution in [0.15, 0.2) is 11.6 Å². The van der Waals surface area contributed by atoms with E-state index >= 15 is 0 Å². The van der Waals surface area contributed by atoms with Gasteiger partial charge in [0.1, 0.15) is 17.3 Å². The Kier molecular flexibility index (Phi) is 3.27. The third-order valence-corrected chi connectivity index (χ3v) is 2.52. The molecular weight excluding hydrogens is 200 g/mol. The predicted octanol–water partition coefficient (Wildman–Crippen LogP) is 1.48. The molecule has 16 heavy (non-hydrogen) atoms. The van der Waals surface area contributed by atoms with Gasteiger partial charge in [0, 0.05) is 24.4 Å². The lowest BCUT2D eigenvalue weighted by atomic mass is 10.0. The SMILES string of the molecule is C=Cn1c(C#N)c(C)c(C#N)c(C)c1=NC. The molecule has 1 heterocycles. The monoisotopic (exact) mass is 212 g/mol. The van der Waals surface area contributed by atoms with Crippen LogP contribution >= 0.6 is 0 Å². The van der Waals surface area contributed by atoms with E-state index in [1.807, 2.05) is 6.92 Å². The molecule has 0 aliphatic rings. The van der Waals surface area contributed by atoms with Crippen LogP contribution in [0.5, 0.6) is 0 Å². The van der Waals surface area contributed by atoms with E-state index < -0.39 is 0 Å². The molecule has 4 heteroatoms. The Morgan fingerprint density at radius 2 is 1.88 bits per heavy atom. The van der Waals surface area contributed by atoms with Crippen LogP contribution in [0, 0.1) is 36.5 Å². The van der Waals surface area contributed by atoms with E-state index in [0.717, 1.165) is 5.56 Å². The second-order valence-electron chi connectivity index (χ2n) is 3.30. The molecule has 0 atom stereocenters. The van der Waals surface area contributed by atoms with Crippen LogP contribution in [0.2, 0.25) is 0 Å². The highest BCUT2D eigenvalue weighted by atomic mass is 15.0. The van der Waals surface area contributed by atoms with Gasteiger partial charge in [-0.1, -0.05) is 6.58 Å². The van der Waals surface area contributed by atoms with Crippen molar-refractivity contribution in [2.24, 2.45) is 4.99 Å². The Labute approximate surface area is 94.4 Å². The van der Waals surface area contributed by atoms with Gasteiger partial charge in [0.05, 0.1) is 11.6 Å². The van der Waals surface area contributed by atoms with Crippen molar-refractivity contribution in [2.75, 3.05) is 7.05 Å². The van der Waals surface area contributed by atoms with Crippen LogP contribution in [0.25, 0.3) is 6.20 Å². The molecule has 0 radical (unpaired) electrons. The fourth-order valence-corrected chi connectivity index (χ4v) is 1.74. The van der Waals surface area contributed by atoms with E-state index in [2.05, 4.69) is 23.7 Å². The fraction of sp³-hybridized carbons (Fsp3) is 0.250. The van der Waals surface area contributed by atoms with Crippen molar-refractivity contribution < 1.29 is 0 Å². The molecule has 0 fully saturated rings. The Morgan fingerprint density at radius 1 is 1.25 bits per heavy atom. The zero-order chi connectivity index (χ0) is 12.3. The predicted molar refractivity (Wildman–Crippen MR) is 61.2 cm³/mol. The maximum Gasteiger partial charge on any atom is 0.136 e. The molecule has 1 aromatic heterocycles. The first kappa shape index (κ1) is 11.7. The van der Waals surface area contributed by atoms with Crippen molar-refractivity contribution in [3.8, 4) is 12.1 Å². The summed E-state index contributed by atoms with van der Waals surface area (Å²) in [4.78, 5) is 4.09. The largest absolute Gasteiger partial charge is 0.293 e. The van der Waals surface area contributed by atoms with E-state index in [1.54, 1.807) is 18.5 Å². The van der Waals surface area contributed by atoms with E-state index in [4.69, 9.17) is 10.5 Å².